The maximum Gasteiger partial charge on any atom is 0.215 e. The van der Waals surface area contributed by atoms with E-state index in [4.69, 9.17) is 4.74 Å². The first-order valence-corrected chi connectivity index (χ1v) is 8.44. The Morgan fingerprint density at radius 3 is 2.61 bits per heavy atom. The highest BCUT2D eigenvalue weighted by Crippen LogP contribution is 2.20. The van der Waals surface area contributed by atoms with Gasteiger partial charge < -0.3 is 10.1 Å². The molecule has 0 bridgehead atoms. The van der Waals surface area contributed by atoms with Gasteiger partial charge in [0.25, 0.3) is 0 Å². The summed E-state index contributed by atoms with van der Waals surface area (Å²) in [6.07, 6.45) is 3.61. The summed E-state index contributed by atoms with van der Waals surface area (Å²) in [5, 5.41) is 2.88. The second kappa shape index (κ2) is 6.32. The van der Waals surface area contributed by atoms with Gasteiger partial charge in [0, 0.05) is 25.8 Å². The van der Waals surface area contributed by atoms with Gasteiger partial charge in [-0.05, 0) is 45.1 Å². The van der Waals surface area contributed by atoms with Crippen molar-refractivity contribution in [2.75, 3.05) is 26.3 Å². The predicted molar refractivity (Wildman–Crippen MR) is 71.0 cm³/mol. The molecule has 2 fully saturated rings. The van der Waals surface area contributed by atoms with Crippen LogP contribution in [-0.4, -0.2) is 46.0 Å². The zero-order valence-corrected chi connectivity index (χ0v) is 11.8. The largest absolute Gasteiger partial charge is 0.381 e. The van der Waals surface area contributed by atoms with Crippen LogP contribution in [0.15, 0.2) is 0 Å². The van der Waals surface area contributed by atoms with Crippen molar-refractivity contribution in [2.24, 2.45) is 5.92 Å². The molecule has 2 unspecified atom stereocenters. The minimum atomic E-state index is -3.19. The SMILES string of the molecule is CC(NS(=O)(=O)C1CCCNC1)C1CCOCC1. The molecule has 2 heterocycles. The Balaban J connectivity index is 1.89. The van der Waals surface area contributed by atoms with E-state index >= 15 is 0 Å². The molecule has 2 atom stereocenters. The molecule has 2 saturated heterocycles. The van der Waals surface area contributed by atoms with Gasteiger partial charge in [-0.2, -0.15) is 0 Å². The standard InChI is InChI=1S/C12H24N2O3S/c1-10(11-4-7-17-8-5-11)14-18(15,16)12-3-2-6-13-9-12/h10-14H,2-9H2,1H3. The average Bonchev–Trinajstić information content (AvgIpc) is 2.40. The van der Waals surface area contributed by atoms with Crippen LogP contribution in [0, 0.1) is 5.92 Å². The van der Waals surface area contributed by atoms with E-state index in [1.165, 1.54) is 0 Å². The highest BCUT2D eigenvalue weighted by Gasteiger charge is 2.31. The molecule has 2 aliphatic heterocycles. The molecule has 0 aromatic heterocycles. The van der Waals surface area contributed by atoms with E-state index in [1.807, 2.05) is 6.92 Å². The Bertz CT molecular complexity index is 346. The van der Waals surface area contributed by atoms with E-state index in [2.05, 4.69) is 10.0 Å². The van der Waals surface area contributed by atoms with E-state index in [9.17, 15) is 8.42 Å². The smallest absolute Gasteiger partial charge is 0.215 e. The van der Waals surface area contributed by atoms with Crippen molar-refractivity contribution in [1.29, 1.82) is 0 Å². The molecule has 2 aliphatic rings. The molecule has 2 rings (SSSR count). The summed E-state index contributed by atoms with van der Waals surface area (Å²) in [6, 6.07) is 0.0147. The maximum absolute atomic E-state index is 12.3. The lowest BCUT2D eigenvalue weighted by Gasteiger charge is -2.30. The van der Waals surface area contributed by atoms with Gasteiger partial charge in [0.15, 0.2) is 0 Å². The Morgan fingerprint density at radius 1 is 1.28 bits per heavy atom. The van der Waals surface area contributed by atoms with E-state index in [1.54, 1.807) is 0 Å². The highest BCUT2D eigenvalue weighted by molar-refractivity contribution is 7.90. The summed E-state index contributed by atoms with van der Waals surface area (Å²) in [5.41, 5.74) is 0. The van der Waals surface area contributed by atoms with Gasteiger partial charge in [0.05, 0.1) is 5.25 Å². The van der Waals surface area contributed by atoms with E-state index < -0.39 is 10.0 Å². The minimum absolute atomic E-state index is 0.0147. The maximum atomic E-state index is 12.3. The van der Waals surface area contributed by atoms with Crippen molar-refractivity contribution in [2.45, 2.75) is 43.9 Å². The highest BCUT2D eigenvalue weighted by atomic mass is 32.2. The lowest BCUT2D eigenvalue weighted by Crippen LogP contribution is -2.49. The molecule has 0 spiro atoms. The Hall–Kier alpha value is -0.170. The number of hydrogen-bond donors (Lipinski definition) is 2. The Kier molecular flexibility index (Phi) is 5.00. The quantitative estimate of drug-likeness (QED) is 0.783. The molecule has 106 valence electrons. The van der Waals surface area contributed by atoms with Gasteiger partial charge in [-0.1, -0.05) is 0 Å². The molecule has 6 heteroatoms. The van der Waals surface area contributed by atoms with Crippen LogP contribution in [0.25, 0.3) is 0 Å². The molecule has 2 N–H and O–H groups in total. The normalized spacial score (nSPS) is 29.1. The Labute approximate surface area is 110 Å². The summed E-state index contributed by atoms with van der Waals surface area (Å²) in [5.74, 6) is 0.407. The van der Waals surface area contributed by atoms with E-state index in [0.717, 1.165) is 45.4 Å². The van der Waals surface area contributed by atoms with Crippen molar-refractivity contribution in [3.8, 4) is 0 Å². The van der Waals surface area contributed by atoms with Crippen molar-refractivity contribution in [3.63, 3.8) is 0 Å². The third-order valence-corrected chi connectivity index (χ3v) is 5.99. The molecule has 0 aromatic carbocycles. The molecular formula is C12H24N2O3S. The van der Waals surface area contributed by atoms with Crippen LogP contribution in [-0.2, 0) is 14.8 Å². The number of sulfonamides is 1. The second-order valence-electron chi connectivity index (χ2n) is 5.37. The summed E-state index contributed by atoms with van der Waals surface area (Å²) >= 11 is 0. The van der Waals surface area contributed by atoms with Gasteiger partial charge in [-0.15, -0.1) is 0 Å². The van der Waals surface area contributed by atoms with Gasteiger partial charge in [0.1, 0.15) is 0 Å². The van der Waals surface area contributed by atoms with Crippen LogP contribution in [0.1, 0.15) is 32.6 Å². The predicted octanol–water partition coefficient (Wildman–Crippen LogP) is 0.473. The van der Waals surface area contributed by atoms with Crippen molar-refractivity contribution in [1.82, 2.24) is 10.0 Å². The summed E-state index contributed by atoms with van der Waals surface area (Å²) in [4.78, 5) is 0. The first kappa shape index (κ1) is 14.2. The van der Waals surface area contributed by atoms with Crippen LogP contribution >= 0.6 is 0 Å². The van der Waals surface area contributed by atoms with Crippen LogP contribution in [0.2, 0.25) is 0 Å². The van der Waals surface area contributed by atoms with Crippen LogP contribution in [0.4, 0.5) is 0 Å². The fourth-order valence-corrected chi connectivity index (χ4v) is 4.47. The number of hydrogen-bond acceptors (Lipinski definition) is 4. The Morgan fingerprint density at radius 2 is 2.00 bits per heavy atom. The van der Waals surface area contributed by atoms with E-state index in [0.29, 0.717) is 12.5 Å². The molecule has 0 saturated carbocycles. The average molecular weight is 276 g/mol. The third kappa shape index (κ3) is 3.66. The number of nitrogens with one attached hydrogen (secondary N) is 2. The zero-order valence-electron chi connectivity index (χ0n) is 11.0. The number of ether oxygens (including phenoxy) is 1. The molecule has 5 nitrogen and oxygen atoms in total. The van der Waals surface area contributed by atoms with Crippen LogP contribution < -0.4 is 10.0 Å². The van der Waals surface area contributed by atoms with Crippen LogP contribution in [0.5, 0.6) is 0 Å². The molecule has 18 heavy (non-hydrogen) atoms. The van der Waals surface area contributed by atoms with Crippen molar-refractivity contribution in [3.05, 3.63) is 0 Å². The van der Waals surface area contributed by atoms with Gasteiger partial charge in [0.2, 0.25) is 10.0 Å². The summed E-state index contributed by atoms with van der Waals surface area (Å²) in [7, 11) is -3.19. The van der Waals surface area contributed by atoms with Gasteiger partial charge in [-0.25, -0.2) is 13.1 Å². The monoisotopic (exact) mass is 276 g/mol. The molecule has 0 aromatic rings. The fourth-order valence-electron chi connectivity index (χ4n) is 2.75. The van der Waals surface area contributed by atoms with Crippen LogP contribution in [0.3, 0.4) is 0 Å². The lowest BCUT2D eigenvalue weighted by molar-refractivity contribution is 0.0585. The van der Waals surface area contributed by atoms with Gasteiger partial charge in [-0.3, -0.25) is 0 Å². The summed E-state index contributed by atoms with van der Waals surface area (Å²) < 4.78 is 32.7. The minimum Gasteiger partial charge on any atom is -0.381 e. The lowest BCUT2D eigenvalue weighted by atomic mass is 9.94. The molecule has 0 radical (unpaired) electrons. The number of rotatable bonds is 4. The summed E-state index contributed by atoms with van der Waals surface area (Å²) in [6.45, 7) is 4.99. The zero-order chi connectivity index (χ0) is 13.0. The molecule has 0 amide bonds. The first-order valence-electron chi connectivity index (χ1n) is 6.89. The number of piperidine rings is 1. The van der Waals surface area contributed by atoms with Crippen molar-refractivity contribution < 1.29 is 13.2 Å². The third-order valence-electron chi connectivity index (χ3n) is 4.01. The topological polar surface area (TPSA) is 67.4 Å². The second-order valence-corrected chi connectivity index (χ2v) is 7.36. The first-order chi connectivity index (χ1) is 8.59. The van der Waals surface area contributed by atoms with Gasteiger partial charge >= 0.3 is 0 Å². The molecule has 0 aliphatic carbocycles. The fraction of sp³-hybridized carbons (Fsp3) is 1.00. The van der Waals surface area contributed by atoms with E-state index in [-0.39, 0.29) is 11.3 Å². The molecular weight excluding hydrogens is 252 g/mol. The van der Waals surface area contributed by atoms with Crippen molar-refractivity contribution >= 4 is 10.0 Å².